The summed E-state index contributed by atoms with van der Waals surface area (Å²) in [6, 6.07) is 18.9. The first-order valence-electron chi connectivity index (χ1n) is 9.62. The van der Waals surface area contributed by atoms with Crippen LogP contribution in [0.2, 0.25) is 0 Å². The second kappa shape index (κ2) is 8.38. The molecular formula is C22H26N2OS. The van der Waals surface area contributed by atoms with Crippen LogP contribution >= 0.6 is 11.9 Å². The van der Waals surface area contributed by atoms with Crippen molar-refractivity contribution in [1.82, 2.24) is 9.21 Å². The predicted octanol–water partition coefficient (Wildman–Crippen LogP) is 4.46. The van der Waals surface area contributed by atoms with Crippen LogP contribution in [0.25, 0.3) is 0 Å². The molecule has 2 heterocycles. The van der Waals surface area contributed by atoms with Crippen LogP contribution in [-0.2, 0) is 0 Å². The van der Waals surface area contributed by atoms with Gasteiger partial charge in [0, 0.05) is 17.0 Å². The van der Waals surface area contributed by atoms with Crippen molar-refractivity contribution in [1.29, 1.82) is 0 Å². The highest BCUT2D eigenvalue weighted by Crippen LogP contribution is 2.32. The number of hydrogen-bond acceptors (Lipinski definition) is 4. The number of nitrogens with zero attached hydrogens (tertiary/aromatic N) is 2. The van der Waals surface area contributed by atoms with Crippen LogP contribution in [0, 0.1) is 0 Å². The van der Waals surface area contributed by atoms with Crippen LogP contribution in [0.1, 0.15) is 41.1 Å². The Balaban J connectivity index is 1.21. The highest BCUT2D eigenvalue weighted by molar-refractivity contribution is 7.97. The van der Waals surface area contributed by atoms with Crippen molar-refractivity contribution >= 4 is 17.7 Å². The molecule has 0 atom stereocenters. The first-order valence-corrected chi connectivity index (χ1v) is 10.4. The summed E-state index contributed by atoms with van der Waals surface area (Å²) in [5.41, 5.74) is 2.38. The molecule has 0 radical (unpaired) electrons. The molecule has 0 N–H and O–H groups in total. The molecule has 3 nitrogen and oxygen atoms in total. The number of carbonyl (C=O) groups is 1. The Hall–Kier alpha value is -1.62. The third kappa shape index (κ3) is 4.20. The summed E-state index contributed by atoms with van der Waals surface area (Å²) in [6.07, 6.45) is 3.64. The van der Waals surface area contributed by atoms with Crippen LogP contribution < -0.4 is 0 Å². The second-order valence-corrected chi connectivity index (χ2v) is 8.39. The van der Waals surface area contributed by atoms with Gasteiger partial charge in [-0.05, 0) is 68.4 Å². The van der Waals surface area contributed by atoms with Crippen LogP contribution in [0.4, 0.5) is 0 Å². The third-order valence-electron chi connectivity index (χ3n) is 5.48. The zero-order chi connectivity index (χ0) is 17.8. The van der Waals surface area contributed by atoms with E-state index in [0.29, 0.717) is 6.54 Å². The maximum atomic E-state index is 12.3. The van der Waals surface area contributed by atoms with E-state index >= 15 is 0 Å². The summed E-state index contributed by atoms with van der Waals surface area (Å²) in [4.78, 5) is 16.0. The average molecular weight is 367 g/mol. The lowest BCUT2D eigenvalue weighted by atomic mass is 9.89. The van der Waals surface area contributed by atoms with Crippen molar-refractivity contribution in [3.63, 3.8) is 0 Å². The molecule has 136 valence electrons. The summed E-state index contributed by atoms with van der Waals surface area (Å²) in [5.74, 6) is 0.974. The van der Waals surface area contributed by atoms with E-state index in [0.717, 1.165) is 35.9 Å². The predicted molar refractivity (Wildman–Crippen MR) is 108 cm³/mol. The maximum absolute atomic E-state index is 12.3. The molecule has 0 saturated carbocycles. The number of fused-ring (bicyclic) bond motifs is 1. The van der Waals surface area contributed by atoms with E-state index in [9.17, 15) is 4.79 Å². The molecule has 2 aromatic rings. The van der Waals surface area contributed by atoms with Crippen molar-refractivity contribution in [3.8, 4) is 0 Å². The summed E-state index contributed by atoms with van der Waals surface area (Å²) in [6.45, 7) is 5.03. The smallest absolute Gasteiger partial charge is 0.178 e. The minimum Gasteiger partial charge on any atom is -0.303 e. The van der Waals surface area contributed by atoms with Gasteiger partial charge < -0.3 is 4.90 Å². The van der Waals surface area contributed by atoms with E-state index in [1.807, 2.05) is 18.2 Å². The number of piperidine rings is 1. The molecule has 4 heteroatoms. The Morgan fingerprint density at radius 2 is 1.65 bits per heavy atom. The van der Waals surface area contributed by atoms with E-state index in [1.165, 1.54) is 31.5 Å². The van der Waals surface area contributed by atoms with E-state index in [1.54, 1.807) is 11.9 Å². The molecule has 2 aliphatic heterocycles. The molecule has 0 bridgehead atoms. The van der Waals surface area contributed by atoms with Gasteiger partial charge in [-0.15, -0.1) is 0 Å². The van der Waals surface area contributed by atoms with Crippen molar-refractivity contribution < 1.29 is 4.79 Å². The summed E-state index contributed by atoms with van der Waals surface area (Å²) >= 11 is 1.74. The minimum atomic E-state index is 0.253. The fraction of sp³-hybridized carbons (Fsp3) is 0.409. The molecule has 0 unspecified atom stereocenters. The lowest BCUT2D eigenvalue weighted by Gasteiger charge is -2.33. The van der Waals surface area contributed by atoms with Gasteiger partial charge in [0.25, 0.3) is 0 Å². The summed E-state index contributed by atoms with van der Waals surface area (Å²) in [7, 11) is 0. The topological polar surface area (TPSA) is 23.6 Å². The Morgan fingerprint density at radius 1 is 0.923 bits per heavy atom. The van der Waals surface area contributed by atoms with Crippen LogP contribution in [-0.4, -0.2) is 47.7 Å². The Morgan fingerprint density at radius 3 is 2.46 bits per heavy atom. The van der Waals surface area contributed by atoms with E-state index < -0.39 is 0 Å². The number of Topliss-reactive ketones (excluding diaryl/α,β-unsaturated/α-hetero) is 1. The monoisotopic (exact) mass is 366 g/mol. The molecule has 26 heavy (non-hydrogen) atoms. The van der Waals surface area contributed by atoms with Crippen LogP contribution in [0.15, 0.2) is 59.5 Å². The van der Waals surface area contributed by atoms with E-state index in [-0.39, 0.29) is 5.78 Å². The Bertz CT molecular complexity index is 741. The molecule has 1 fully saturated rings. The SMILES string of the molecule is O=C1CN(CCCN2CCC(c3ccccc3)CC2)Sc2ccccc21. The van der Waals surface area contributed by atoms with Gasteiger partial charge >= 0.3 is 0 Å². The highest BCUT2D eigenvalue weighted by atomic mass is 32.2. The fourth-order valence-corrected chi connectivity index (χ4v) is 5.10. The number of benzene rings is 2. The molecule has 0 spiro atoms. The normalized spacial score (nSPS) is 19.5. The van der Waals surface area contributed by atoms with Gasteiger partial charge in [-0.2, -0.15) is 0 Å². The first kappa shape index (κ1) is 17.8. The molecule has 4 rings (SSSR count). The molecule has 0 aromatic heterocycles. The zero-order valence-corrected chi connectivity index (χ0v) is 16.0. The Labute approximate surface area is 160 Å². The molecule has 2 aromatic carbocycles. The van der Waals surface area contributed by atoms with Gasteiger partial charge in [0.1, 0.15) is 0 Å². The van der Waals surface area contributed by atoms with Crippen molar-refractivity contribution in [2.24, 2.45) is 0 Å². The van der Waals surface area contributed by atoms with E-state index in [4.69, 9.17) is 0 Å². The molecule has 2 aliphatic rings. The average Bonchev–Trinajstić information content (AvgIpc) is 2.69. The fourth-order valence-electron chi connectivity index (χ4n) is 4.00. The largest absolute Gasteiger partial charge is 0.303 e. The van der Waals surface area contributed by atoms with Crippen LogP contribution in [0.5, 0.6) is 0 Å². The quantitative estimate of drug-likeness (QED) is 0.729. The number of hydrogen-bond donors (Lipinski definition) is 0. The van der Waals surface area contributed by atoms with Gasteiger partial charge in [0.15, 0.2) is 5.78 Å². The molecular weight excluding hydrogens is 340 g/mol. The number of rotatable bonds is 5. The van der Waals surface area contributed by atoms with Crippen LogP contribution in [0.3, 0.4) is 0 Å². The van der Waals surface area contributed by atoms with E-state index in [2.05, 4.69) is 45.6 Å². The highest BCUT2D eigenvalue weighted by Gasteiger charge is 2.24. The third-order valence-corrected chi connectivity index (χ3v) is 6.60. The lowest BCUT2D eigenvalue weighted by Crippen LogP contribution is -2.36. The lowest BCUT2D eigenvalue weighted by molar-refractivity contribution is 0.0960. The van der Waals surface area contributed by atoms with Crippen molar-refractivity contribution in [3.05, 3.63) is 65.7 Å². The molecule has 0 aliphatic carbocycles. The van der Waals surface area contributed by atoms with Gasteiger partial charge in [-0.25, -0.2) is 4.31 Å². The van der Waals surface area contributed by atoms with Gasteiger partial charge in [0.05, 0.1) is 6.54 Å². The first-order chi connectivity index (χ1) is 12.8. The molecule has 0 amide bonds. The summed E-state index contributed by atoms with van der Waals surface area (Å²) < 4.78 is 2.22. The Kier molecular flexibility index (Phi) is 5.73. The number of likely N-dealkylation sites (tertiary alicyclic amines) is 1. The van der Waals surface area contributed by atoms with Crippen molar-refractivity contribution in [2.45, 2.75) is 30.1 Å². The van der Waals surface area contributed by atoms with Gasteiger partial charge in [-0.1, -0.05) is 48.5 Å². The zero-order valence-electron chi connectivity index (χ0n) is 15.1. The number of carbonyl (C=O) groups excluding carboxylic acids is 1. The standard InChI is InChI=1S/C22H26N2OS/c25-21-17-24(26-22-10-5-4-9-20(21)22)14-6-13-23-15-11-19(12-16-23)18-7-2-1-3-8-18/h1-5,7-10,19H,6,11-17H2. The van der Waals surface area contributed by atoms with Gasteiger partial charge in [0.2, 0.25) is 0 Å². The molecule has 1 saturated heterocycles. The second-order valence-electron chi connectivity index (χ2n) is 7.25. The van der Waals surface area contributed by atoms with Gasteiger partial charge in [-0.3, -0.25) is 4.79 Å². The minimum absolute atomic E-state index is 0.253. The maximum Gasteiger partial charge on any atom is 0.178 e. The van der Waals surface area contributed by atoms with Crippen molar-refractivity contribution in [2.75, 3.05) is 32.7 Å². The summed E-state index contributed by atoms with van der Waals surface area (Å²) in [5, 5.41) is 0. The number of ketones is 1.